The molecule has 4 nitrogen and oxygen atoms in total. The van der Waals surface area contributed by atoms with Gasteiger partial charge in [0.05, 0.1) is 13.7 Å². The van der Waals surface area contributed by atoms with Crippen LogP contribution in [-0.2, 0) is 13.0 Å². The van der Waals surface area contributed by atoms with E-state index in [9.17, 15) is 9.90 Å². The molecule has 1 aromatic heterocycles. The number of thiophene rings is 1. The van der Waals surface area contributed by atoms with Crippen LogP contribution < -0.4 is 10.1 Å². The Kier molecular flexibility index (Phi) is 4.63. The highest BCUT2D eigenvalue weighted by molar-refractivity contribution is 7.11. The van der Waals surface area contributed by atoms with Gasteiger partial charge >= 0.3 is 0 Å². The van der Waals surface area contributed by atoms with Crippen molar-refractivity contribution >= 4 is 17.2 Å². The van der Waals surface area contributed by atoms with Crippen molar-refractivity contribution in [2.75, 3.05) is 7.11 Å². The number of methoxy groups -OCH3 is 1. The fourth-order valence-electron chi connectivity index (χ4n) is 1.81. The molecule has 0 radical (unpaired) electrons. The molecular formula is C15H17NO3S. The summed E-state index contributed by atoms with van der Waals surface area (Å²) in [4.78, 5) is 14.4. The van der Waals surface area contributed by atoms with E-state index >= 15 is 0 Å². The van der Waals surface area contributed by atoms with E-state index in [0.29, 0.717) is 17.9 Å². The standard InChI is InChI=1S/C15H17NO3S/c1-3-11-5-6-12(20-11)9-16-15(18)10-4-7-14(19-2)13(17)8-10/h4-8,17H,3,9H2,1-2H3,(H,16,18). The van der Waals surface area contributed by atoms with Gasteiger partial charge in [-0.3, -0.25) is 4.79 Å². The summed E-state index contributed by atoms with van der Waals surface area (Å²) in [5, 5.41) is 12.5. The molecule has 0 aliphatic heterocycles. The average molecular weight is 291 g/mol. The second-order valence-corrected chi connectivity index (χ2v) is 5.54. The van der Waals surface area contributed by atoms with Crippen molar-refractivity contribution in [2.45, 2.75) is 19.9 Å². The Balaban J connectivity index is 1.99. The molecule has 1 heterocycles. The molecule has 20 heavy (non-hydrogen) atoms. The summed E-state index contributed by atoms with van der Waals surface area (Å²) in [6.07, 6.45) is 1.00. The predicted molar refractivity (Wildman–Crippen MR) is 79.5 cm³/mol. The number of ether oxygens (including phenoxy) is 1. The molecule has 0 fully saturated rings. The second kappa shape index (κ2) is 6.43. The summed E-state index contributed by atoms with van der Waals surface area (Å²) in [5.41, 5.74) is 0.413. The maximum Gasteiger partial charge on any atom is 0.251 e. The lowest BCUT2D eigenvalue weighted by atomic mass is 10.2. The normalized spacial score (nSPS) is 10.3. The van der Waals surface area contributed by atoms with Gasteiger partial charge in [-0.2, -0.15) is 0 Å². The summed E-state index contributed by atoms with van der Waals surface area (Å²) in [6, 6.07) is 8.70. The average Bonchev–Trinajstić information content (AvgIpc) is 2.92. The summed E-state index contributed by atoms with van der Waals surface area (Å²) >= 11 is 1.70. The molecule has 1 amide bonds. The molecule has 0 aliphatic rings. The van der Waals surface area contributed by atoms with Crippen molar-refractivity contribution in [3.8, 4) is 11.5 Å². The van der Waals surface area contributed by atoms with Crippen molar-refractivity contribution in [2.24, 2.45) is 0 Å². The van der Waals surface area contributed by atoms with Crippen molar-refractivity contribution in [3.05, 3.63) is 45.6 Å². The van der Waals surface area contributed by atoms with Gasteiger partial charge in [0.1, 0.15) is 0 Å². The minimum Gasteiger partial charge on any atom is -0.504 e. The Morgan fingerprint density at radius 1 is 1.30 bits per heavy atom. The number of carbonyl (C=O) groups is 1. The summed E-state index contributed by atoms with van der Waals surface area (Å²) in [7, 11) is 1.47. The van der Waals surface area contributed by atoms with Gasteiger partial charge in [0.15, 0.2) is 11.5 Å². The summed E-state index contributed by atoms with van der Waals surface area (Å²) in [6.45, 7) is 2.60. The number of phenolic OH excluding ortho intramolecular Hbond substituents is 1. The van der Waals surface area contributed by atoms with E-state index in [4.69, 9.17) is 4.74 Å². The zero-order valence-corrected chi connectivity index (χ0v) is 12.3. The van der Waals surface area contributed by atoms with E-state index < -0.39 is 0 Å². The fourth-order valence-corrected chi connectivity index (χ4v) is 2.71. The van der Waals surface area contributed by atoms with Crippen LogP contribution in [0.5, 0.6) is 11.5 Å². The van der Waals surface area contributed by atoms with Crippen molar-refractivity contribution in [3.63, 3.8) is 0 Å². The minimum atomic E-state index is -0.214. The predicted octanol–water partition coefficient (Wildman–Crippen LogP) is 2.95. The molecular weight excluding hydrogens is 274 g/mol. The second-order valence-electron chi connectivity index (χ2n) is 4.29. The highest BCUT2D eigenvalue weighted by atomic mass is 32.1. The van der Waals surface area contributed by atoms with Gasteiger partial charge in [-0.25, -0.2) is 0 Å². The number of nitrogens with one attached hydrogen (secondary N) is 1. The topological polar surface area (TPSA) is 58.6 Å². The lowest BCUT2D eigenvalue weighted by molar-refractivity contribution is 0.0951. The molecule has 106 valence electrons. The van der Waals surface area contributed by atoms with E-state index in [-0.39, 0.29) is 11.7 Å². The number of phenols is 1. The molecule has 0 saturated carbocycles. The number of rotatable bonds is 5. The molecule has 0 saturated heterocycles. The van der Waals surface area contributed by atoms with Crippen molar-refractivity contribution < 1.29 is 14.6 Å². The molecule has 2 N–H and O–H groups in total. The van der Waals surface area contributed by atoms with E-state index in [1.165, 1.54) is 18.1 Å². The van der Waals surface area contributed by atoms with Gasteiger partial charge < -0.3 is 15.2 Å². The monoisotopic (exact) mass is 291 g/mol. The van der Waals surface area contributed by atoms with Crippen molar-refractivity contribution in [1.29, 1.82) is 0 Å². The SMILES string of the molecule is CCc1ccc(CNC(=O)c2ccc(OC)c(O)c2)s1. The van der Waals surface area contributed by atoms with Gasteiger partial charge in [-0.1, -0.05) is 6.92 Å². The van der Waals surface area contributed by atoms with Crippen LogP contribution in [0.3, 0.4) is 0 Å². The van der Waals surface area contributed by atoms with Crippen molar-refractivity contribution in [1.82, 2.24) is 5.32 Å². The van der Waals surface area contributed by atoms with Crippen LogP contribution in [0.4, 0.5) is 0 Å². The number of carbonyl (C=O) groups excluding carboxylic acids is 1. The van der Waals surface area contributed by atoms with Crippen LogP contribution in [0.25, 0.3) is 0 Å². The molecule has 0 spiro atoms. The van der Waals surface area contributed by atoms with E-state index in [2.05, 4.69) is 18.3 Å². The van der Waals surface area contributed by atoms with Gasteiger partial charge in [-0.15, -0.1) is 11.3 Å². The molecule has 0 unspecified atom stereocenters. The van der Waals surface area contributed by atoms with E-state index in [1.807, 2.05) is 6.07 Å². The number of aromatic hydroxyl groups is 1. The van der Waals surface area contributed by atoms with Crippen LogP contribution in [0, 0.1) is 0 Å². The Hall–Kier alpha value is -2.01. The van der Waals surface area contributed by atoms with Gasteiger partial charge in [0.2, 0.25) is 0 Å². The lowest BCUT2D eigenvalue weighted by Crippen LogP contribution is -2.22. The quantitative estimate of drug-likeness (QED) is 0.890. The number of hydrogen-bond acceptors (Lipinski definition) is 4. The largest absolute Gasteiger partial charge is 0.504 e. The van der Waals surface area contributed by atoms with Gasteiger partial charge in [0, 0.05) is 15.3 Å². The lowest BCUT2D eigenvalue weighted by Gasteiger charge is -2.07. The number of hydrogen-bond donors (Lipinski definition) is 2. The maximum atomic E-state index is 12.0. The molecule has 0 atom stereocenters. The first-order chi connectivity index (χ1) is 9.63. The molecule has 2 aromatic rings. The third kappa shape index (κ3) is 3.30. The Bertz CT molecular complexity index is 607. The zero-order valence-electron chi connectivity index (χ0n) is 11.5. The Labute approximate surface area is 122 Å². The smallest absolute Gasteiger partial charge is 0.251 e. The highest BCUT2D eigenvalue weighted by Gasteiger charge is 2.09. The number of amides is 1. The van der Waals surface area contributed by atoms with Crippen LogP contribution in [-0.4, -0.2) is 18.1 Å². The molecule has 5 heteroatoms. The van der Waals surface area contributed by atoms with Gasteiger partial charge in [-0.05, 0) is 36.8 Å². The van der Waals surface area contributed by atoms with Crippen LogP contribution in [0.15, 0.2) is 30.3 Å². The first kappa shape index (κ1) is 14.4. The highest BCUT2D eigenvalue weighted by Crippen LogP contribution is 2.26. The maximum absolute atomic E-state index is 12.0. The molecule has 1 aromatic carbocycles. The number of benzene rings is 1. The fraction of sp³-hybridized carbons (Fsp3) is 0.267. The van der Waals surface area contributed by atoms with E-state index in [1.54, 1.807) is 23.5 Å². The zero-order chi connectivity index (χ0) is 14.5. The van der Waals surface area contributed by atoms with Gasteiger partial charge in [0.25, 0.3) is 5.91 Å². The number of aryl methyl sites for hydroxylation is 1. The Morgan fingerprint density at radius 3 is 2.65 bits per heavy atom. The Morgan fingerprint density at radius 2 is 2.05 bits per heavy atom. The summed E-state index contributed by atoms with van der Waals surface area (Å²) < 4.78 is 4.94. The first-order valence-corrected chi connectivity index (χ1v) is 7.18. The molecule has 0 bridgehead atoms. The third-order valence-electron chi connectivity index (χ3n) is 2.93. The van der Waals surface area contributed by atoms with Crippen LogP contribution in [0.2, 0.25) is 0 Å². The van der Waals surface area contributed by atoms with Crippen LogP contribution in [0.1, 0.15) is 27.0 Å². The minimum absolute atomic E-state index is 0.0375. The molecule has 2 rings (SSSR count). The molecule has 0 aliphatic carbocycles. The van der Waals surface area contributed by atoms with E-state index in [0.717, 1.165) is 11.3 Å². The third-order valence-corrected chi connectivity index (χ3v) is 4.16. The summed E-state index contributed by atoms with van der Waals surface area (Å²) in [5.74, 6) is 0.103. The van der Waals surface area contributed by atoms with Crippen LogP contribution >= 0.6 is 11.3 Å². The first-order valence-electron chi connectivity index (χ1n) is 6.36.